The number of oxime groups is 1. The minimum atomic E-state index is -4.51. The van der Waals surface area contributed by atoms with Gasteiger partial charge in [0, 0.05) is 13.2 Å². The maximum Gasteiger partial charge on any atom is 0.405 e. The first-order chi connectivity index (χ1) is 8.32. The van der Waals surface area contributed by atoms with E-state index in [4.69, 9.17) is 15.7 Å². The van der Waals surface area contributed by atoms with E-state index in [1.54, 1.807) is 5.32 Å². The van der Waals surface area contributed by atoms with Crippen LogP contribution in [0.5, 0.6) is 0 Å². The second kappa shape index (κ2) is 5.42. The molecule has 0 aliphatic carbocycles. The second-order valence-corrected chi connectivity index (χ2v) is 3.98. The highest BCUT2D eigenvalue weighted by molar-refractivity contribution is 6.06. The molecule has 4 N–H and O–H groups in total. The lowest BCUT2D eigenvalue weighted by Crippen LogP contribution is -2.54. The van der Waals surface area contributed by atoms with Crippen molar-refractivity contribution in [2.75, 3.05) is 19.8 Å². The maximum absolute atomic E-state index is 12.0. The molecule has 1 saturated heterocycles. The maximum atomic E-state index is 12.0. The van der Waals surface area contributed by atoms with E-state index in [1.165, 1.54) is 0 Å². The van der Waals surface area contributed by atoms with Gasteiger partial charge in [0.2, 0.25) is 5.91 Å². The molecule has 6 nitrogen and oxygen atoms in total. The van der Waals surface area contributed by atoms with Crippen molar-refractivity contribution in [2.45, 2.75) is 19.0 Å². The van der Waals surface area contributed by atoms with Crippen molar-refractivity contribution in [3.63, 3.8) is 0 Å². The summed E-state index contributed by atoms with van der Waals surface area (Å²) in [6.45, 7) is -1.13. The molecule has 1 rings (SSSR count). The van der Waals surface area contributed by atoms with E-state index in [-0.39, 0.29) is 26.1 Å². The summed E-state index contributed by atoms with van der Waals surface area (Å²) < 4.78 is 41.1. The largest absolute Gasteiger partial charge is 0.409 e. The van der Waals surface area contributed by atoms with E-state index in [0.717, 1.165) is 0 Å². The first kappa shape index (κ1) is 14.6. The summed E-state index contributed by atoms with van der Waals surface area (Å²) in [4.78, 5) is 11.8. The van der Waals surface area contributed by atoms with Crippen LogP contribution in [0.2, 0.25) is 0 Å². The molecule has 0 saturated carbocycles. The first-order valence-corrected chi connectivity index (χ1v) is 5.22. The molecule has 0 aromatic carbocycles. The number of alkyl halides is 3. The molecule has 0 unspecified atom stereocenters. The lowest BCUT2D eigenvalue weighted by atomic mass is 9.78. The molecule has 0 radical (unpaired) electrons. The lowest BCUT2D eigenvalue weighted by Gasteiger charge is -2.34. The third-order valence-electron chi connectivity index (χ3n) is 2.83. The van der Waals surface area contributed by atoms with E-state index in [0.29, 0.717) is 0 Å². The van der Waals surface area contributed by atoms with Crippen LogP contribution in [0.15, 0.2) is 5.16 Å². The van der Waals surface area contributed by atoms with Crippen molar-refractivity contribution in [3.8, 4) is 0 Å². The van der Waals surface area contributed by atoms with Gasteiger partial charge in [0.25, 0.3) is 0 Å². The first-order valence-electron chi connectivity index (χ1n) is 5.22. The number of nitrogens with zero attached hydrogens (tertiary/aromatic N) is 1. The minimum absolute atomic E-state index is 0.0760. The van der Waals surface area contributed by atoms with E-state index < -0.39 is 29.9 Å². The molecule has 0 spiro atoms. The number of nitrogens with one attached hydrogen (secondary N) is 1. The number of hydrogen-bond donors (Lipinski definition) is 3. The molecular formula is C9H14F3N3O3. The van der Waals surface area contributed by atoms with Gasteiger partial charge in [-0.05, 0) is 12.8 Å². The third-order valence-corrected chi connectivity index (χ3v) is 2.83. The predicted octanol–water partition coefficient (Wildman–Crippen LogP) is 0.208. The number of carbonyl (C=O) groups excluding carboxylic acids is 1. The highest BCUT2D eigenvalue weighted by atomic mass is 19.4. The van der Waals surface area contributed by atoms with Gasteiger partial charge in [-0.25, -0.2) is 0 Å². The number of nitrogens with two attached hydrogens (primary N) is 1. The minimum Gasteiger partial charge on any atom is -0.409 e. The SMILES string of the molecule is NC(=NO)C1(C(=O)NCC(F)(F)F)CCOCC1. The van der Waals surface area contributed by atoms with Gasteiger partial charge in [-0.2, -0.15) is 13.2 Å². The third kappa shape index (κ3) is 3.25. The topological polar surface area (TPSA) is 96.9 Å². The highest BCUT2D eigenvalue weighted by Gasteiger charge is 2.45. The van der Waals surface area contributed by atoms with Gasteiger partial charge >= 0.3 is 6.18 Å². The summed E-state index contributed by atoms with van der Waals surface area (Å²) in [5.41, 5.74) is 3.99. The van der Waals surface area contributed by atoms with Gasteiger partial charge < -0.3 is 21.0 Å². The van der Waals surface area contributed by atoms with Gasteiger partial charge in [0.1, 0.15) is 12.0 Å². The predicted molar refractivity (Wildman–Crippen MR) is 55.0 cm³/mol. The second-order valence-electron chi connectivity index (χ2n) is 3.98. The van der Waals surface area contributed by atoms with Crippen LogP contribution in [0.25, 0.3) is 0 Å². The molecule has 1 amide bonds. The summed E-state index contributed by atoms with van der Waals surface area (Å²) in [5.74, 6) is -1.30. The van der Waals surface area contributed by atoms with E-state index >= 15 is 0 Å². The molecule has 0 bridgehead atoms. The molecule has 18 heavy (non-hydrogen) atoms. The van der Waals surface area contributed by atoms with Crippen molar-refractivity contribution < 1.29 is 27.9 Å². The molecular weight excluding hydrogens is 255 g/mol. The van der Waals surface area contributed by atoms with Crippen molar-refractivity contribution in [2.24, 2.45) is 16.3 Å². The van der Waals surface area contributed by atoms with Crippen LogP contribution in [-0.2, 0) is 9.53 Å². The van der Waals surface area contributed by atoms with E-state index in [9.17, 15) is 18.0 Å². The number of hydrogen-bond acceptors (Lipinski definition) is 4. The van der Waals surface area contributed by atoms with E-state index in [1.807, 2.05) is 0 Å². The number of carbonyl (C=O) groups is 1. The molecule has 9 heteroatoms. The van der Waals surface area contributed by atoms with Crippen LogP contribution < -0.4 is 11.1 Å². The van der Waals surface area contributed by atoms with Gasteiger partial charge in [0.05, 0.1) is 0 Å². The summed E-state index contributed by atoms with van der Waals surface area (Å²) in [6.07, 6.45) is -4.35. The Morgan fingerprint density at radius 3 is 2.44 bits per heavy atom. The Morgan fingerprint density at radius 1 is 1.44 bits per heavy atom. The smallest absolute Gasteiger partial charge is 0.405 e. The summed E-state index contributed by atoms with van der Waals surface area (Å²) in [5, 5.41) is 13.2. The van der Waals surface area contributed by atoms with Gasteiger partial charge in [-0.3, -0.25) is 4.79 Å². The van der Waals surface area contributed by atoms with Crippen LogP contribution in [0, 0.1) is 5.41 Å². The average molecular weight is 269 g/mol. The van der Waals surface area contributed by atoms with Crippen molar-refractivity contribution in [3.05, 3.63) is 0 Å². The average Bonchev–Trinajstić information content (AvgIpc) is 2.34. The van der Waals surface area contributed by atoms with Gasteiger partial charge in [-0.1, -0.05) is 5.16 Å². The number of rotatable bonds is 3. The number of amides is 1. The van der Waals surface area contributed by atoms with Crippen LogP contribution >= 0.6 is 0 Å². The van der Waals surface area contributed by atoms with Crippen molar-refractivity contribution in [1.29, 1.82) is 0 Å². The molecule has 1 heterocycles. The Balaban J connectivity index is 2.80. The highest BCUT2D eigenvalue weighted by Crippen LogP contribution is 2.31. The number of ether oxygens (including phenoxy) is 1. The zero-order valence-corrected chi connectivity index (χ0v) is 9.46. The molecule has 1 aliphatic heterocycles. The van der Waals surface area contributed by atoms with Gasteiger partial charge in [0.15, 0.2) is 5.84 Å². The lowest BCUT2D eigenvalue weighted by molar-refractivity contribution is -0.145. The quantitative estimate of drug-likeness (QED) is 0.295. The van der Waals surface area contributed by atoms with Crippen molar-refractivity contribution >= 4 is 11.7 Å². The number of halogens is 3. The zero-order valence-electron chi connectivity index (χ0n) is 9.46. The Hall–Kier alpha value is -1.51. The van der Waals surface area contributed by atoms with E-state index in [2.05, 4.69) is 5.16 Å². The summed E-state index contributed by atoms with van der Waals surface area (Å²) in [7, 11) is 0. The summed E-state index contributed by atoms with van der Waals surface area (Å²) >= 11 is 0. The van der Waals surface area contributed by atoms with Crippen LogP contribution in [-0.4, -0.2) is 42.9 Å². The van der Waals surface area contributed by atoms with Crippen LogP contribution in [0.4, 0.5) is 13.2 Å². The fourth-order valence-corrected chi connectivity index (χ4v) is 1.76. The standard InChI is InChI=1S/C9H14F3N3O3/c10-9(11,12)5-14-7(16)8(6(13)15-17)1-3-18-4-2-8/h17H,1-5H2,(H2,13,15)(H,14,16). The Morgan fingerprint density at radius 2 is 2.00 bits per heavy atom. The molecule has 0 aromatic rings. The fourth-order valence-electron chi connectivity index (χ4n) is 1.76. The molecule has 1 fully saturated rings. The monoisotopic (exact) mass is 269 g/mol. The molecule has 0 aromatic heterocycles. The normalized spacial score (nSPS) is 20.5. The Kier molecular flexibility index (Phi) is 4.38. The fraction of sp³-hybridized carbons (Fsp3) is 0.778. The molecule has 0 atom stereocenters. The Labute approximate surface area is 101 Å². The van der Waals surface area contributed by atoms with Gasteiger partial charge in [-0.15, -0.1) is 0 Å². The van der Waals surface area contributed by atoms with Crippen LogP contribution in [0.1, 0.15) is 12.8 Å². The summed E-state index contributed by atoms with van der Waals surface area (Å²) in [6, 6.07) is 0. The zero-order chi connectivity index (χ0) is 13.8. The van der Waals surface area contributed by atoms with Crippen LogP contribution in [0.3, 0.4) is 0 Å². The van der Waals surface area contributed by atoms with Crippen molar-refractivity contribution in [1.82, 2.24) is 5.32 Å². The number of amidine groups is 1. The molecule has 1 aliphatic rings. The Bertz CT molecular complexity index is 338. The molecule has 104 valence electrons.